The fourth-order valence-electron chi connectivity index (χ4n) is 1.64. The van der Waals surface area contributed by atoms with E-state index < -0.39 is 24.7 Å². The molecule has 21 heavy (non-hydrogen) atoms. The van der Waals surface area contributed by atoms with E-state index in [9.17, 15) is 18.0 Å². The van der Waals surface area contributed by atoms with E-state index in [1.54, 1.807) is 0 Å². The lowest BCUT2D eigenvalue weighted by atomic mass is 10.2. The molecule has 1 rings (SSSR count). The van der Waals surface area contributed by atoms with Gasteiger partial charge >= 0.3 is 6.18 Å². The minimum absolute atomic E-state index is 0.103. The first-order chi connectivity index (χ1) is 9.74. The lowest BCUT2D eigenvalue weighted by Gasteiger charge is -2.27. The Hall–Kier alpha value is -1.86. The number of hydrogen-bond acceptors (Lipinski definition) is 4. The van der Waals surface area contributed by atoms with Crippen molar-refractivity contribution >= 4 is 11.7 Å². The molecule has 5 nitrogen and oxygen atoms in total. The zero-order chi connectivity index (χ0) is 16.0. The van der Waals surface area contributed by atoms with Gasteiger partial charge in [-0.3, -0.25) is 9.78 Å². The Balaban J connectivity index is 2.93. The normalized spacial score (nSPS) is 11.6. The van der Waals surface area contributed by atoms with Crippen LogP contribution in [0.5, 0.6) is 0 Å². The van der Waals surface area contributed by atoms with E-state index in [-0.39, 0.29) is 5.69 Å². The van der Waals surface area contributed by atoms with Crippen molar-refractivity contribution in [3.8, 4) is 0 Å². The summed E-state index contributed by atoms with van der Waals surface area (Å²) in [6.45, 7) is 4.34. The number of carbonyl (C=O) groups excluding carboxylic acids is 1. The summed E-state index contributed by atoms with van der Waals surface area (Å²) < 4.78 is 37.6. The van der Waals surface area contributed by atoms with Crippen LogP contribution in [0.3, 0.4) is 0 Å². The van der Waals surface area contributed by atoms with Crippen molar-refractivity contribution in [2.24, 2.45) is 0 Å². The van der Waals surface area contributed by atoms with Crippen molar-refractivity contribution in [2.75, 3.05) is 18.4 Å². The van der Waals surface area contributed by atoms with Crippen LogP contribution < -0.4 is 5.32 Å². The molecule has 0 aliphatic rings. The van der Waals surface area contributed by atoms with Crippen LogP contribution in [-0.4, -0.2) is 46.1 Å². The second-order valence-electron chi connectivity index (χ2n) is 4.86. The molecule has 0 radical (unpaired) electrons. The molecule has 0 aromatic carbocycles. The number of nitrogens with zero attached hydrogens (tertiary/aromatic N) is 3. The highest BCUT2D eigenvalue weighted by molar-refractivity contribution is 5.92. The summed E-state index contributed by atoms with van der Waals surface area (Å²) in [6, 6.07) is -0.590. The average molecular weight is 304 g/mol. The Morgan fingerprint density at radius 2 is 2.05 bits per heavy atom. The fourth-order valence-corrected chi connectivity index (χ4v) is 1.64. The highest BCUT2D eigenvalue weighted by atomic mass is 19.4. The van der Waals surface area contributed by atoms with Gasteiger partial charge in [0.05, 0.1) is 12.4 Å². The van der Waals surface area contributed by atoms with Gasteiger partial charge in [-0.1, -0.05) is 6.92 Å². The van der Waals surface area contributed by atoms with Crippen molar-refractivity contribution in [1.82, 2.24) is 14.9 Å². The molecule has 0 fully saturated rings. The predicted octanol–water partition coefficient (Wildman–Crippen LogP) is 2.71. The van der Waals surface area contributed by atoms with E-state index >= 15 is 0 Å². The van der Waals surface area contributed by atoms with Gasteiger partial charge in [0.15, 0.2) is 0 Å². The van der Waals surface area contributed by atoms with E-state index in [1.165, 1.54) is 26.2 Å². The molecule has 0 spiro atoms. The molecular weight excluding hydrogens is 285 g/mol. The third kappa shape index (κ3) is 5.57. The smallest absolute Gasteiger partial charge is 0.369 e. The molecule has 1 N–H and O–H groups in total. The molecular formula is C13H19F3N4O. The number of anilines is 1. The molecule has 0 aliphatic heterocycles. The van der Waals surface area contributed by atoms with Crippen molar-refractivity contribution in [2.45, 2.75) is 39.4 Å². The summed E-state index contributed by atoms with van der Waals surface area (Å²) in [6.07, 6.45) is -1.00. The fraction of sp³-hybridized carbons (Fsp3) is 0.615. The van der Waals surface area contributed by atoms with Gasteiger partial charge in [-0.2, -0.15) is 13.2 Å². The molecule has 1 aromatic heterocycles. The minimum Gasteiger partial charge on any atom is -0.369 e. The van der Waals surface area contributed by atoms with Crippen LogP contribution in [0.2, 0.25) is 0 Å². The summed E-state index contributed by atoms with van der Waals surface area (Å²) in [4.78, 5) is 20.8. The first kappa shape index (κ1) is 17.2. The second kappa shape index (κ2) is 7.24. The molecule has 0 unspecified atom stereocenters. The lowest BCUT2D eigenvalue weighted by molar-refractivity contribution is -0.143. The number of halogens is 3. The SMILES string of the molecule is CCCNc1cncc(C(=O)N(CC(F)(F)F)C(C)C)n1. The summed E-state index contributed by atoms with van der Waals surface area (Å²) >= 11 is 0. The Kier molecular flexibility index (Phi) is 5.92. The van der Waals surface area contributed by atoms with Gasteiger partial charge in [-0.25, -0.2) is 4.98 Å². The highest BCUT2D eigenvalue weighted by Crippen LogP contribution is 2.19. The van der Waals surface area contributed by atoms with Gasteiger partial charge in [-0.15, -0.1) is 0 Å². The van der Waals surface area contributed by atoms with Gasteiger partial charge in [0, 0.05) is 12.6 Å². The van der Waals surface area contributed by atoms with Crippen LogP contribution in [0.15, 0.2) is 12.4 Å². The monoisotopic (exact) mass is 304 g/mol. The minimum atomic E-state index is -4.45. The molecule has 8 heteroatoms. The molecule has 0 atom stereocenters. The molecule has 1 amide bonds. The van der Waals surface area contributed by atoms with Crippen molar-refractivity contribution in [3.05, 3.63) is 18.1 Å². The number of rotatable bonds is 6. The highest BCUT2D eigenvalue weighted by Gasteiger charge is 2.35. The maximum Gasteiger partial charge on any atom is 0.406 e. The molecule has 1 aromatic rings. The van der Waals surface area contributed by atoms with Gasteiger partial charge in [0.25, 0.3) is 5.91 Å². The van der Waals surface area contributed by atoms with Gasteiger partial charge < -0.3 is 10.2 Å². The third-order valence-corrected chi connectivity index (χ3v) is 2.64. The maximum absolute atomic E-state index is 12.5. The van der Waals surface area contributed by atoms with Crippen molar-refractivity contribution < 1.29 is 18.0 Å². The molecule has 0 bridgehead atoms. The zero-order valence-corrected chi connectivity index (χ0v) is 12.2. The molecule has 118 valence electrons. The first-order valence-corrected chi connectivity index (χ1v) is 6.68. The first-order valence-electron chi connectivity index (χ1n) is 6.68. The van der Waals surface area contributed by atoms with Crippen LogP contribution in [0.25, 0.3) is 0 Å². The van der Waals surface area contributed by atoms with Crippen LogP contribution in [0.1, 0.15) is 37.7 Å². The number of hydrogen-bond donors (Lipinski definition) is 1. The number of nitrogens with one attached hydrogen (secondary N) is 1. The van der Waals surface area contributed by atoms with Crippen LogP contribution >= 0.6 is 0 Å². The number of aromatic nitrogens is 2. The third-order valence-electron chi connectivity index (χ3n) is 2.64. The van der Waals surface area contributed by atoms with E-state index in [2.05, 4.69) is 15.3 Å². The molecule has 0 saturated carbocycles. The largest absolute Gasteiger partial charge is 0.406 e. The van der Waals surface area contributed by atoms with Gasteiger partial charge in [-0.05, 0) is 20.3 Å². The zero-order valence-electron chi connectivity index (χ0n) is 12.2. The Morgan fingerprint density at radius 1 is 1.38 bits per heavy atom. The maximum atomic E-state index is 12.5. The predicted molar refractivity (Wildman–Crippen MR) is 73.0 cm³/mol. The van der Waals surface area contributed by atoms with E-state index in [0.29, 0.717) is 12.4 Å². The van der Waals surface area contributed by atoms with E-state index in [1.807, 2.05) is 6.92 Å². The second-order valence-corrected chi connectivity index (χ2v) is 4.86. The van der Waals surface area contributed by atoms with Crippen LogP contribution in [-0.2, 0) is 0 Å². The van der Waals surface area contributed by atoms with E-state index in [4.69, 9.17) is 0 Å². The average Bonchev–Trinajstić information content (AvgIpc) is 2.41. The van der Waals surface area contributed by atoms with Gasteiger partial charge in [0.2, 0.25) is 0 Å². The Labute approximate surface area is 121 Å². The summed E-state index contributed by atoms with van der Waals surface area (Å²) in [7, 11) is 0. The van der Waals surface area contributed by atoms with Crippen LogP contribution in [0, 0.1) is 0 Å². The standard InChI is InChI=1S/C13H19F3N4O/c1-4-5-18-11-7-17-6-10(19-11)12(21)20(9(2)3)8-13(14,15)16/h6-7,9H,4-5,8H2,1-3H3,(H,18,19). The van der Waals surface area contributed by atoms with Crippen molar-refractivity contribution in [1.29, 1.82) is 0 Å². The molecule has 1 heterocycles. The molecule has 0 aliphatic carbocycles. The van der Waals surface area contributed by atoms with Gasteiger partial charge in [0.1, 0.15) is 18.1 Å². The summed E-state index contributed by atoms with van der Waals surface area (Å²) in [5, 5.41) is 2.94. The lowest BCUT2D eigenvalue weighted by Crippen LogP contribution is -2.43. The topological polar surface area (TPSA) is 58.1 Å². The van der Waals surface area contributed by atoms with Crippen LogP contribution in [0.4, 0.5) is 19.0 Å². The molecule has 0 saturated heterocycles. The quantitative estimate of drug-likeness (QED) is 0.878. The van der Waals surface area contributed by atoms with E-state index in [0.717, 1.165) is 11.3 Å². The number of amides is 1. The summed E-state index contributed by atoms with van der Waals surface area (Å²) in [5.74, 6) is -0.409. The summed E-state index contributed by atoms with van der Waals surface area (Å²) in [5.41, 5.74) is -0.103. The Bertz CT molecular complexity index is 477. The Morgan fingerprint density at radius 3 is 2.57 bits per heavy atom. The van der Waals surface area contributed by atoms with Crippen molar-refractivity contribution in [3.63, 3.8) is 0 Å². The number of carbonyl (C=O) groups is 1. The number of alkyl halides is 3.